The van der Waals surface area contributed by atoms with Gasteiger partial charge < -0.3 is 15.4 Å². The van der Waals surface area contributed by atoms with E-state index >= 15 is 0 Å². The number of rotatable bonds is 5. The Bertz CT molecular complexity index is 1310. The molecule has 0 spiro atoms. The van der Waals surface area contributed by atoms with Crippen LogP contribution in [0.25, 0.3) is 11.0 Å². The lowest BCUT2D eigenvalue weighted by Gasteiger charge is -2.35. The number of benzene rings is 2. The zero-order chi connectivity index (χ0) is 23.9. The highest BCUT2D eigenvalue weighted by atomic mass is 32.2. The van der Waals surface area contributed by atoms with Gasteiger partial charge in [0.15, 0.2) is 17.5 Å². The number of nitrogens with one attached hydrogen (secondary N) is 2. The summed E-state index contributed by atoms with van der Waals surface area (Å²) in [6.45, 7) is 2.27. The number of sulfonamides is 1. The molecule has 3 N–H and O–H groups in total. The van der Waals surface area contributed by atoms with Gasteiger partial charge in [-0.15, -0.1) is 0 Å². The molecule has 0 bridgehead atoms. The summed E-state index contributed by atoms with van der Waals surface area (Å²) >= 11 is 0. The van der Waals surface area contributed by atoms with E-state index in [1.807, 2.05) is 6.92 Å². The van der Waals surface area contributed by atoms with Crippen LogP contribution in [0, 0.1) is 29.3 Å². The molecule has 1 aliphatic heterocycles. The maximum absolute atomic E-state index is 13.5. The summed E-state index contributed by atoms with van der Waals surface area (Å²) in [5, 5.41) is 11.7. The molecule has 8 nitrogen and oxygen atoms in total. The zero-order valence-corrected chi connectivity index (χ0v) is 18.3. The van der Waals surface area contributed by atoms with Gasteiger partial charge >= 0.3 is 0 Å². The number of hydrogen-bond acceptors (Lipinski definition) is 5. The number of carbonyl (C=O) groups is 1. The highest BCUT2D eigenvalue weighted by Crippen LogP contribution is 2.30. The average molecular weight is 482 g/mol. The number of anilines is 1. The van der Waals surface area contributed by atoms with E-state index < -0.39 is 33.4 Å². The van der Waals surface area contributed by atoms with E-state index in [9.17, 15) is 31.5 Å². The molecule has 0 saturated carbocycles. The van der Waals surface area contributed by atoms with Crippen LogP contribution >= 0.6 is 0 Å². The number of carbonyl (C=O) groups excluding carboxylic acids is 1. The van der Waals surface area contributed by atoms with Crippen LogP contribution in [0.1, 0.15) is 23.7 Å². The Hall–Kier alpha value is -2.96. The third kappa shape index (κ3) is 4.33. The molecule has 0 radical (unpaired) electrons. The summed E-state index contributed by atoms with van der Waals surface area (Å²) in [4.78, 5) is 19.5. The normalized spacial score (nSPS) is 19.7. The third-order valence-electron chi connectivity index (χ3n) is 5.90. The van der Waals surface area contributed by atoms with E-state index in [1.54, 1.807) is 0 Å². The molecule has 2 atom stereocenters. The zero-order valence-electron chi connectivity index (χ0n) is 17.5. The molecule has 1 saturated heterocycles. The molecule has 1 aromatic heterocycles. The van der Waals surface area contributed by atoms with Gasteiger partial charge in [0.25, 0.3) is 5.91 Å². The molecule has 1 fully saturated rings. The van der Waals surface area contributed by atoms with E-state index in [4.69, 9.17) is 0 Å². The number of amides is 1. The number of halogens is 3. The summed E-state index contributed by atoms with van der Waals surface area (Å²) in [6.07, 6.45) is 1.78. The first kappa shape index (κ1) is 23.2. The van der Waals surface area contributed by atoms with Crippen molar-refractivity contribution in [2.75, 3.05) is 25.0 Å². The summed E-state index contributed by atoms with van der Waals surface area (Å²) in [7, 11) is -3.99. The number of imidazole rings is 1. The number of aromatic nitrogens is 2. The van der Waals surface area contributed by atoms with Crippen molar-refractivity contribution in [2.24, 2.45) is 11.8 Å². The molecule has 2 heterocycles. The second-order valence-corrected chi connectivity index (χ2v) is 9.99. The lowest BCUT2D eigenvalue weighted by molar-refractivity contribution is 0.102. The molecule has 2 unspecified atom stereocenters. The molecule has 33 heavy (non-hydrogen) atoms. The third-order valence-corrected chi connectivity index (χ3v) is 7.74. The van der Waals surface area contributed by atoms with Crippen molar-refractivity contribution >= 4 is 32.7 Å². The Labute approximate surface area is 187 Å². The SMILES string of the molecule is CC1CN(S(=O)(=O)c2cc(C(=O)Nc3cc(F)c(F)c(F)c3)c3nc[nH]c3c2)CCC1CO. The highest BCUT2D eigenvalue weighted by Gasteiger charge is 2.34. The number of aromatic amines is 1. The Morgan fingerprint density at radius 1 is 1.24 bits per heavy atom. The van der Waals surface area contributed by atoms with Crippen LogP contribution in [0.4, 0.5) is 18.9 Å². The van der Waals surface area contributed by atoms with Crippen LogP contribution in [0.15, 0.2) is 35.5 Å². The minimum absolute atomic E-state index is 0.00405. The van der Waals surface area contributed by atoms with Gasteiger partial charge in [0.1, 0.15) is 5.52 Å². The van der Waals surface area contributed by atoms with Crippen molar-refractivity contribution in [3.63, 3.8) is 0 Å². The Morgan fingerprint density at radius 3 is 2.58 bits per heavy atom. The predicted molar refractivity (Wildman–Crippen MR) is 113 cm³/mol. The van der Waals surface area contributed by atoms with Gasteiger partial charge in [-0.25, -0.2) is 26.6 Å². The first-order valence-corrected chi connectivity index (χ1v) is 11.6. The lowest BCUT2D eigenvalue weighted by Crippen LogP contribution is -2.43. The Balaban J connectivity index is 1.69. The van der Waals surface area contributed by atoms with Crippen LogP contribution in [0.5, 0.6) is 0 Å². The molecule has 4 rings (SSSR count). The topological polar surface area (TPSA) is 115 Å². The maximum Gasteiger partial charge on any atom is 0.257 e. The average Bonchev–Trinajstić information content (AvgIpc) is 3.25. The summed E-state index contributed by atoms with van der Waals surface area (Å²) in [5.74, 6) is -5.55. The monoisotopic (exact) mass is 482 g/mol. The second kappa shape index (κ2) is 8.76. The fraction of sp³-hybridized carbons (Fsp3) is 0.333. The largest absolute Gasteiger partial charge is 0.396 e. The van der Waals surface area contributed by atoms with Gasteiger partial charge in [-0.2, -0.15) is 4.31 Å². The fourth-order valence-electron chi connectivity index (χ4n) is 3.97. The van der Waals surface area contributed by atoms with Crippen molar-refractivity contribution < 1.29 is 31.5 Å². The molecule has 2 aromatic carbocycles. The summed E-state index contributed by atoms with van der Waals surface area (Å²) < 4.78 is 68.2. The van der Waals surface area contributed by atoms with Gasteiger partial charge in [0, 0.05) is 37.5 Å². The number of aliphatic hydroxyl groups is 1. The molecule has 0 aliphatic carbocycles. The van der Waals surface area contributed by atoms with Gasteiger partial charge in [-0.1, -0.05) is 6.92 Å². The smallest absolute Gasteiger partial charge is 0.257 e. The van der Waals surface area contributed by atoms with Gasteiger partial charge in [-0.05, 0) is 30.4 Å². The molecular weight excluding hydrogens is 461 g/mol. The maximum atomic E-state index is 13.5. The minimum Gasteiger partial charge on any atom is -0.396 e. The van der Waals surface area contributed by atoms with Crippen molar-refractivity contribution in [1.29, 1.82) is 0 Å². The van der Waals surface area contributed by atoms with E-state index in [1.165, 1.54) is 16.7 Å². The van der Waals surface area contributed by atoms with Crippen LogP contribution in [0.2, 0.25) is 0 Å². The van der Waals surface area contributed by atoms with Crippen LogP contribution in [-0.2, 0) is 10.0 Å². The number of H-pyrrole nitrogens is 1. The fourth-order valence-corrected chi connectivity index (χ4v) is 5.57. The molecule has 1 amide bonds. The molecule has 12 heteroatoms. The van der Waals surface area contributed by atoms with E-state index in [0.717, 1.165) is 6.07 Å². The Morgan fingerprint density at radius 2 is 1.94 bits per heavy atom. The first-order valence-electron chi connectivity index (χ1n) is 10.2. The number of piperidine rings is 1. The number of aliphatic hydroxyl groups excluding tert-OH is 1. The summed E-state index contributed by atoms with van der Waals surface area (Å²) in [5.41, 5.74) is -0.0538. The number of fused-ring (bicyclic) bond motifs is 1. The van der Waals surface area contributed by atoms with Crippen LogP contribution in [0.3, 0.4) is 0 Å². The van der Waals surface area contributed by atoms with Gasteiger partial charge in [0.05, 0.1) is 22.3 Å². The Kier molecular flexibility index (Phi) is 6.16. The van der Waals surface area contributed by atoms with Crippen LogP contribution < -0.4 is 5.32 Å². The first-order chi connectivity index (χ1) is 15.6. The molecule has 3 aromatic rings. The highest BCUT2D eigenvalue weighted by molar-refractivity contribution is 7.89. The van der Waals surface area contributed by atoms with E-state index in [-0.39, 0.29) is 58.7 Å². The number of hydrogen-bond donors (Lipinski definition) is 3. The van der Waals surface area contributed by atoms with Crippen molar-refractivity contribution in [3.8, 4) is 0 Å². The molecule has 1 aliphatic rings. The molecule has 176 valence electrons. The quantitative estimate of drug-likeness (QED) is 0.484. The lowest BCUT2D eigenvalue weighted by atomic mass is 9.89. The van der Waals surface area contributed by atoms with E-state index in [0.29, 0.717) is 18.6 Å². The van der Waals surface area contributed by atoms with E-state index in [2.05, 4.69) is 15.3 Å². The number of nitrogens with zero attached hydrogens (tertiary/aromatic N) is 2. The predicted octanol–water partition coefficient (Wildman–Crippen LogP) is 2.87. The van der Waals surface area contributed by atoms with Crippen molar-refractivity contribution in [2.45, 2.75) is 18.2 Å². The second-order valence-electron chi connectivity index (χ2n) is 8.05. The van der Waals surface area contributed by atoms with Gasteiger partial charge in [0.2, 0.25) is 10.0 Å². The van der Waals surface area contributed by atoms with Crippen molar-refractivity contribution in [3.05, 3.63) is 53.6 Å². The van der Waals surface area contributed by atoms with Crippen LogP contribution in [-0.4, -0.2) is 53.4 Å². The van der Waals surface area contributed by atoms with Crippen molar-refractivity contribution in [1.82, 2.24) is 14.3 Å². The summed E-state index contributed by atoms with van der Waals surface area (Å²) in [6, 6.07) is 3.73. The van der Waals surface area contributed by atoms with Gasteiger partial charge in [-0.3, -0.25) is 4.79 Å². The minimum atomic E-state index is -3.99. The molecular formula is C21H21F3N4O4S. The standard InChI is InChI=1S/C21H21F3N4O4S/c1-11-8-28(3-2-12(11)9-29)33(31,32)14-6-15(20-18(7-14)25-10-26-20)21(30)27-13-4-16(22)19(24)17(23)5-13/h4-7,10-12,29H,2-3,8-9H2,1H3,(H,25,26)(H,27,30).